The number of anilines is 1. The molecule has 3 heterocycles. The SMILES string of the molecule is CCN1CCc2nc(NC(=O)CCc3ncc(-c4ccc(Cl)cc4)o3)sc2C1. The largest absolute Gasteiger partial charge is 0.441 e. The Bertz CT molecular complexity index is 967. The average molecular weight is 417 g/mol. The Labute approximate surface area is 172 Å². The Hall–Kier alpha value is -2.22. The first kappa shape index (κ1) is 19.1. The summed E-state index contributed by atoms with van der Waals surface area (Å²) in [5.74, 6) is 1.13. The van der Waals surface area contributed by atoms with Crippen molar-refractivity contribution in [2.75, 3.05) is 18.4 Å². The fourth-order valence-corrected chi connectivity index (χ4v) is 4.34. The number of nitrogens with zero attached hydrogens (tertiary/aromatic N) is 3. The van der Waals surface area contributed by atoms with E-state index >= 15 is 0 Å². The number of rotatable bonds is 6. The van der Waals surface area contributed by atoms with Gasteiger partial charge in [0.1, 0.15) is 0 Å². The van der Waals surface area contributed by atoms with Crippen molar-refractivity contribution in [3.8, 4) is 11.3 Å². The summed E-state index contributed by atoms with van der Waals surface area (Å²) in [6, 6.07) is 7.37. The molecule has 1 aromatic carbocycles. The molecule has 8 heteroatoms. The molecule has 0 aliphatic carbocycles. The number of carbonyl (C=O) groups excluding carboxylic acids is 1. The zero-order chi connectivity index (χ0) is 19.5. The predicted octanol–water partition coefficient (Wildman–Crippen LogP) is 4.40. The van der Waals surface area contributed by atoms with E-state index in [1.807, 2.05) is 12.1 Å². The predicted molar refractivity (Wildman–Crippen MR) is 111 cm³/mol. The number of benzene rings is 1. The molecule has 146 valence electrons. The zero-order valence-corrected chi connectivity index (χ0v) is 17.1. The van der Waals surface area contributed by atoms with Crippen molar-refractivity contribution in [1.82, 2.24) is 14.9 Å². The van der Waals surface area contributed by atoms with Gasteiger partial charge in [-0.25, -0.2) is 9.97 Å². The number of carbonyl (C=O) groups is 1. The molecule has 0 atom stereocenters. The molecule has 1 aliphatic rings. The Morgan fingerprint density at radius 3 is 2.96 bits per heavy atom. The van der Waals surface area contributed by atoms with Crippen LogP contribution in [0, 0.1) is 0 Å². The van der Waals surface area contributed by atoms with Gasteiger partial charge in [-0.2, -0.15) is 0 Å². The number of hydrogen-bond donors (Lipinski definition) is 1. The number of nitrogens with one attached hydrogen (secondary N) is 1. The maximum atomic E-state index is 12.3. The molecule has 1 aliphatic heterocycles. The normalized spacial score (nSPS) is 14.1. The number of likely N-dealkylation sites (N-methyl/N-ethyl adjacent to an activating group) is 1. The van der Waals surface area contributed by atoms with Gasteiger partial charge in [0.05, 0.1) is 11.9 Å². The number of aromatic nitrogens is 2. The van der Waals surface area contributed by atoms with Crippen LogP contribution in [0.2, 0.25) is 5.02 Å². The lowest BCUT2D eigenvalue weighted by molar-refractivity contribution is -0.116. The smallest absolute Gasteiger partial charge is 0.226 e. The Morgan fingerprint density at radius 2 is 2.18 bits per heavy atom. The molecule has 0 fully saturated rings. The van der Waals surface area contributed by atoms with Crippen LogP contribution in [0.1, 0.15) is 29.8 Å². The van der Waals surface area contributed by atoms with Gasteiger partial charge in [-0.1, -0.05) is 18.5 Å². The molecule has 0 unspecified atom stereocenters. The standard InChI is InChI=1S/C20H21ClN4O2S/c1-2-25-10-9-15-17(12-25)28-20(23-15)24-18(26)7-8-19-22-11-16(27-19)13-3-5-14(21)6-4-13/h3-6,11H,2,7-10,12H2,1H3,(H,23,24,26). The Balaban J connectivity index is 1.32. The zero-order valence-electron chi connectivity index (χ0n) is 15.6. The van der Waals surface area contributed by atoms with Crippen LogP contribution >= 0.6 is 22.9 Å². The van der Waals surface area contributed by atoms with Crippen molar-refractivity contribution in [3.63, 3.8) is 0 Å². The number of aryl methyl sites for hydroxylation is 1. The quantitative estimate of drug-likeness (QED) is 0.644. The fraction of sp³-hybridized carbons (Fsp3) is 0.350. The molecule has 0 spiro atoms. The summed E-state index contributed by atoms with van der Waals surface area (Å²) < 4.78 is 5.75. The van der Waals surface area contributed by atoms with E-state index in [4.69, 9.17) is 16.0 Å². The topological polar surface area (TPSA) is 71.3 Å². The van der Waals surface area contributed by atoms with E-state index in [2.05, 4.69) is 27.1 Å². The number of halogens is 1. The highest BCUT2D eigenvalue weighted by atomic mass is 35.5. The van der Waals surface area contributed by atoms with Gasteiger partial charge in [-0.3, -0.25) is 9.69 Å². The van der Waals surface area contributed by atoms with Crippen LogP contribution in [-0.4, -0.2) is 33.9 Å². The number of fused-ring (bicyclic) bond motifs is 1. The number of hydrogen-bond acceptors (Lipinski definition) is 6. The van der Waals surface area contributed by atoms with E-state index in [0.717, 1.165) is 37.3 Å². The maximum absolute atomic E-state index is 12.3. The van der Waals surface area contributed by atoms with E-state index in [0.29, 0.717) is 34.6 Å². The third kappa shape index (κ3) is 4.43. The van der Waals surface area contributed by atoms with Crippen molar-refractivity contribution in [2.45, 2.75) is 32.7 Å². The third-order valence-electron chi connectivity index (χ3n) is 4.75. The summed E-state index contributed by atoms with van der Waals surface area (Å²) in [7, 11) is 0. The number of thiazole rings is 1. The molecule has 0 saturated heterocycles. The molecular formula is C20H21ClN4O2S. The third-order valence-corrected chi connectivity index (χ3v) is 6.00. The first-order chi connectivity index (χ1) is 13.6. The van der Waals surface area contributed by atoms with Gasteiger partial charge in [0.15, 0.2) is 16.8 Å². The maximum Gasteiger partial charge on any atom is 0.226 e. The minimum Gasteiger partial charge on any atom is -0.441 e. The molecule has 0 radical (unpaired) electrons. The molecule has 0 bridgehead atoms. The molecule has 4 rings (SSSR count). The summed E-state index contributed by atoms with van der Waals surface area (Å²) in [5, 5.41) is 4.27. The van der Waals surface area contributed by atoms with E-state index < -0.39 is 0 Å². The first-order valence-electron chi connectivity index (χ1n) is 9.32. The van der Waals surface area contributed by atoms with E-state index in [1.165, 1.54) is 4.88 Å². The van der Waals surface area contributed by atoms with Crippen LogP contribution in [0.3, 0.4) is 0 Å². The van der Waals surface area contributed by atoms with Crippen molar-refractivity contribution < 1.29 is 9.21 Å². The van der Waals surface area contributed by atoms with Gasteiger partial charge < -0.3 is 9.73 Å². The van der Waals surface area contributed by atoms with Crippen LogP contribution < -0.4 is 5.32 Å². The van der Waals surface area contributed by atoms with Gasteiger partial charge in [0.2, 0.25) is 5.91 Å². The van der Waals surface area contributed by atoms with Crippen LogP contribution in [0.15, 0.2) is 34.9 Å². The van der Waals surface area contributed by atoms with Crippen LogP contribution in [0.25, 0.3) is 11.3 Å². The highest BCUT2D eigenvalue weighted by Crippen LogP contribution is 2.28. The van der Waals surface area contributed by atoms with E-state index in [1.54, 1.807) is 29.7 Å². The molecule has 3 aromatic rings. The van der Waals surface area contributed by atoms with Gasteiger partial charge in [0.25, 0.3) is 0 Å². The van der Waals surface area contributed by atoms with Gasteiger partial charge >= 0.3 is 0 Å². The highest BCUT2D eigenvalue weighted by molar-refractivity contribution is 7.15. The lowest BCUT2D eigenvalue weighted by atomic mass is 10.2. The second-order valence-electron chi connectivity index (χ2n) is 6.68. The van der Waals surface area contributed by atoms with Crippen molar-refractivity contribution in [2.24, 2.45) is 0 Å². The molecule has 1 amide bonds. The fourth-order valence-electron chi connectivity index (χ4n) is 3.15. The Kier molecular flexibility index (Phi) is 5.75. The van der Waals surface area contributed by atoms with Crippen LogP contribution in [0.4, 0.5) is 5.13 Å². The summed E-state index contributed by atoms with van der Waals surface area (Å²) in [5.41, 5.74) is 2.02. The minimum atomic E-state index is -0.0790. The number of amides is 1. The van der Waals surface area contributed by atoms with E-state index in [9.17, 15) is 4.79 Å². The molecular weight excluding hydrogens is 396 g/mol. The van der Waals surface area contributed by atoms with Crippen molar-refractivity contribution >= 4 is 34.0 Å². The minimum absolute atomic E-state index is 0.0790. The molecule has 2 aromatic heterocycles. The summed E-state index contributed by atoms with van der Waals surface area (Å²) >= 11 is 7.48. The molecule has 0 saturated carbocycles. The number of oxazole rings is 1. The van der Waals surface area contributed by atoms with E-state index in [-0.39, 0.29) is 5.91 Å². The summed E-state index contributed by atoms with van der Waals surface area (Å²) in [6.07, 6.45) is 3.35. The van der Waals surface area contributed by atoms with Crippen molar-refractivity contribution in [3.05, 3.63) is 51.9 Å². The second-order valence-corrected chi connectivity index (χ2v) is 8.20. The van der Waals surface area contributed by atoms with Crippen LogP contribution in [0.5, 0.6) is 0 Å². The molecule has 1 N–H and O–H groups in total. The monoisotopic (exact) mass is 416 g/mol. The average Bonchev–Trinajstić information content (AvgIpc) is 3.32. The highest BCUT2D eigenvalue weighted by Gasteiger charge is 2.20. The van der Waals surface area contributed by atoms with Gasteiger partial charge in [0, 0.05) is 47.8 Å². The first-order valence-corrected chi connectivity index (χ1v) is 10.5. The molecule has 6 nitrogen and oxygen atoms in total. The van der Waals surface area contributed by atoms with Crippen LogP contribution in [-0.2, 0) is 24.2 Å². The van der Waals surface area contributed by atoms with Gasteiger partial charge in [-0.05, 0) is 30.8 Å². The van der Waals surface area contributed by atoms with Gasteiger partial charge in [-0.15, -0.1) is 11.3 Å². The van der Waals surface area contributed by atoms with Crippen molar-refractivity contribution in [1.29, 1.82) is 0 Å². The lowest BCUT2D eigenvalue weighted by Gasteiger charge is -2.23. The second kappa shape index (κ2) is 8.43. The lowest BCUT2D eigenvalue weighted by Crippen LogP contribution is -2.29. The Morgan fingerprint density at radius 1 is 1.36 bits per heavy atom. The summed E-state index contributed by atoms with van der Waals surface area (Å²) in [6.45, 7) is 5.15. The summed E-state index contributed by atoms with van der Waals surface area (Å²) in [4.78, 5) is 24.8. The molecule has 28 heavy (non-hydrogen) atoms.